The number of nitrogen functional groups attached to an aromatic ring is 1. The van der Waals surface area contributed by atoms with Crippen LogP contribution >= 0.6 is 0 Å². The fourth-order valence-corrected chi connectivity index (χ4v) is 3.12. The molecule has 0 saturated heterocycles. The Hall–Kier alpha value is -4.06. The van der Waals surface area contributed by atoms with Gasteiger partial charge in [-0.05, 0) is 26.0 Å². The number of methoxy groups -OCH3 is 1. The molecule has 148 valence electrons. The van der Waals surface area contributed by atoms with E-state index in [2.05, 4.69) is 4.98 Å². The van der Waals surface area contributed by atoms with E-state index in [9.17, 15) is 20.0 Å². The van der Waals surface area contributed by atoms with Crippen molar-refractivity contribution >= 4 is 17.6 Å². The Balaban J connectivity index is 2.19. The van der Waals surface area contributed by atoms with E-state index < -0.39 is 11.9 Å². The molecule has 0 atom stereocenters. The van der Waals surface area contributed by atoms with Gasteiger partial charge >= 0.3 is 11.9 Å². The Kier molecular flexibility index (Phi) is 5.10. The molecule has 0 aliphatic rings. The van der Waals surface area contributed by atoms with Crippen LogP contribution in [0, 0.1) is 25.2 Å². The van der Waals surface area contributed by atoms with E-state index in [1.54, 1.807) is 35.8 Å². The molecule has 2 aromatic heterocycles. The summed E-state index contributed by atoms with van der Waals surface area (Å²) in [4.78, 5) is 28.0. The first-order valence-electron chi connectivity index (χ1n) is 8.64. The first-order valence-corrected chi connectivity index (χ1v) is 8.64. The second kappa shape index (κ2) is 7.52. The molecule has 0 radical (unpaired) electrons. The lowest BCUT2D eigenvalue weighted by atomic mass is 10.1. The number of nitrogens with two attached hydrogens (primary N) is 1. The zero-order chi connectivity index (χ0) is 21.3. The van der Waals surface area contributed by atoms with Crippen LogP contribution in [0.25, 0.3) is 17.1 Å². The smallest absolute Gasteiger partial charge is 0.357 e. The monoisotopic (exact) mass is 393 g/mol. The van der Waals surface area contributed by atoms with Crippen molar-refractivity contribution < 1.29 is 19.4 Å². The van der Waals surface area contributed by atoms with Gasteiger partial charge in [-0.3, -0.25) is 4.79 Å². The molecule has 0 bridgehead atoms. The van der Waals surface area contributed by atoms with E-state index >= 15 is 0 Å². The SMILES string of the molecule is COC(=O)c1c(N)c(C#N)cn1-c1cccc(-c2nc(C)c(C)n2CC(=O)O)c1. The van der Waals surface area contributed by atoms with Gasteiger partial charge in [-0.15, -0.1) is 0 Å². The van der Waals surface area contributed by atoms with Crippen LogP contribution in [-0.4, -0.2) is 38.3 Å². The summed E-state index contributed by atoms with van der Waals surface area (Å²) in [6.07, 6.45) is 1.46. The van der Waals surface area contributed by atoms with Crippen molar-refractivity contribution in [2.75, 3.05) is 12.8 Å². The number of aromatic nitrogens is 3. The van der Waals surface area contributed by atoms with Crippen molar-refractivity contribution in [3.63, 3.8) is 0 Å². The minimum Gasteiger partial charge on any atom is -0.480 e. The first-order chi connectivity index (χ1) is 13.8. The Morgan fingerprint density at radius 1 is 1.34 bits per heavy atom. The maximum atomic E-state index is 12.2. The van der Waals surface area contributed by atoms with Crippen molar-refractivity contribution in [2.24, 2.45) is 0 Å². The third-order valence-electron chi connectivity index (χ3n) is 4.68. The van der Waals surface area contributed by atoms with Crippen LogP contribution in [0.15, 0.2) is 30.5 Å². The normalized spacial score (nSPS) is 10.6. The molecule has 0 aliphatic carbocycles. The lowest BCUT2D eigenvalue weighted by Crippen LogP contribution is -2.12. The largest absolute Gasteiger partial charge is 0.480 e. The topological polar surface area (TPSA) is 136 Å². The van der Waals surface area contributed by atoms with Gasteiger partial charge in [0, 0.05) is 23.1 Å². The number of imidazole rings is 1. The number of carbonyl (C=O) groups is 2. The lowest BCUT2D eigenvalue weighted by Gasteiger charge is -2.11. The quantitative estimate of drug-likeness (QED) is 0.635. The van der Waals surface area contributed by atoms with Crippen LogP contribution in [0.2, 0.25) is 0 Å². The van der Waals surface area contributed by atoms with Crippen molar-refractivity contribution in [3.8, 4) is 23.1 Å². The average molecular weight is 393 g/mol. The fourth-order valence-electron chi connectivity index (χ4n) is 3.12. The second-order valence-electron chi connectivity index (χ2n) is 6.41. The maximum absolute atomic E-state index is 12.2. The number of carboxylic acids is 1. The molecule has 0 unspecified atom stereocenters. The third kappa shape index (κ3) is 3.43. The Morgan fingerprint density at radius 2 is 2.07 bits per heavy atom. The lowest BCUT2D eigenvalue weighted by molar-refractivity contribution is -0.137. The molecule has 9 heteroatoms. The molecule has 29 heavy (non-hydrogen) atoms. The van der Waals surface area contributed by atoms with Crippen LogP contribution in [0.3, 0.4) is 0 Å². The van der Waals surface area contributed by atoms with Crippen LogP contribution < -0.4 is 5.73 Å². The highest BCUT2D eigenvalue weighted by molar-refractivity contribution is 5.96. The number of esters is 1. The van der Waals surface area contributed by atoms with Gasteiger partial charge in [-0.25, -0.2) is 9.78 Å². The number of aryl methyl sites for hydroxylation is 1. The number of hydrogen-bond acceptors (Lipinski definition) is 6. The van der Waals surface area contributed by atoms with Gasteiger partial charge in [0.15, 0.2) is 5.69 Å². The number of carbonyl (C=O) groups excluding carboxylic acids is 1. The maximum Gasteiger partial charge on any atom is 0.357 e. The predicted octanol–water partition coefficient (Wildman–Crippen LogP) is 2.28. The van der Waals surface area contributed by atoms with E-state index in [1.807, 2.05) is 13.0 Å². The molecule has 3 rings (SSSR count). The molecule has 0 spiro atoms. The van der Waals surface area contributed by atoms with Crippen molar-refractivity contribution in [3.05, 3.63) is 53.1 Å². The van der Waals surface area contributed by atoms with Crippen LogP contribution in [-0.2, 0) is 16.1 Å². The summed E-state index contributed by atoms with van der Waals surface area (Å²) in [5, 5.41) is 18.5. The van der Waals surface area contributed by atoms with E-state index in [4.69, 9.17) is 10.5 Å². The highest BCUT2D eigenvalue weighted by atomic mass is 16.5. The number of ether oxygens (including phenoxy) is 1. The summed E-state index contributed by atoms with van der Waals surface area (Å²) < 4.78 is 7.90. The van der Waals surface area contributed by atoms with Crippen molar-refractivity contribution in [2.45, 2.75) is 20.4 Å². The second-order valence-corrected chi connectivity index (χ2v) is 6.41. The number of anilines is 1. The van der Waals surface area contributed by atoms with Crippen molar-refractivity contribution in [1.82, 2.24) is 14.1 Å². The number of nitriles is 1. The first kappa shape index (κ1) is 19.7. The molecule has 3 N–H and O–H groups in total. The molecule has 0 saturated carbocycles. The number of hydrogen-bond donors (Lipinski definition) is 2. The number of carboxylic acid groups (broad SMARTS) is 1. The summed E-state index contributed by atoms with van der Waals surface area (Å²) in [7, 11) is 1.23. The average Bonchev–Trinajstić information content (AvgIpc) is 3.18. The summed E-state index contributed by atoms with van der Waals surface area (Å²) in [6, 6.07) is 8.98. The molecule has 0 aliphatic heterocycles. The summed E-state index contributed by atoms with van der Waals surface area (Å²) in [5.74, 6) is -1.16. The highest BCUT2D eigenvalue weighted by Gasteiger charge is 2.22. The highest BCUT2D eigenvalue weighted by Crippen LogP contribution is 2.28. The van der Waals surface area contributed by atoms with Gasteiger partial charge in [0.05, 0.1) is 24.1 Å². The Morgan fingerprint density at radius 3 is 2.69 bits per heavy atom. The third-order valence-corrected chi connectivity index (χ3v) is 4.68. The zero-order valence-electron chi connectivity index (χ0n) is 16.1. The minimum atomic E-state index is -0.979. The van der Waals surface area contributed by atoms with Gasteiger partial charge < -0.3 is 24.7 Å². The Bertz CT molecular complexity index is 1170. The number of nitrogens with zero attached hydrogens (tertiary/aromatic N) is 4. The number of rotatable bonds is 5. The van der Waals surface area contributed by atoms with Gasteiger partial charge in [-0.1, -0.05) is 12.1 Å². The van der Waals surface area contributed by atoms with Crippen LogP contribution in [0.5, 0.6) is 0 Å². The standard InChI is InChI=1S/C20H19N5O4/c1-11-12(2)24(10-16(26)27)19(23-11)13-5-4-6-15(7-13)25-9-14(8-21)17(22)18(25)20(28)29-3/h4-7,9H,10,22H2,1-3H3,(H,26,27). The molecule has 9 nitrogen and oxygen atoms in total. The summed E-state index contributed by atoms with van der Waals surface area (Å²) in [5.41, 5.74) is 8.85. The summed E-state index contributed by atoms with van der Waals surface area (Å²) >= 11 is 0. The summed E-state index contributed by atoms with van der Waals surface area (Å²) in [6.45, 7) is 3.39. The molecule has 1 aromatic carbocycles. The molecule has 2 heterocycles. The molecular formula is C20H19N5O4. The number of benzene rings is 1. The fraction of sp³-hybridized carbons (Fsp3) is 0.200. The van der Waals surface area contributed by atoms with Gasteiger partial charge in [0.25, 0.3) is 0 Å². The van der Waals surface area contributed by atoms with E-state index in [1.165, 1.54) is 17.9 Å². The zero-order valence-corrected chi connectivity index (χ0v) is 16.1. The van der Waals surface area contributed by atoms with E-state index in [0.29, 0.717) is 17.1 Å². The molecule has 0 fully saturated rings. The van der Waals surface area contributed by atoms with Crippen molar-refractivity contribution in [1.29, 1.82) is 5.26 Å². The molecule has 0 amide bonds. The molecular weight excluding hydrogens is 374 g/mol. The van der Waals surface area contributed by atoms with Crippen LogP contribution in [0.1, 0.15) is 27.4 Å². The predicted molar refractivity (Wildman–Crippen MR) is 105 cm³/mol. The minimum absolute atomic E-state index is 0.0313. The van der Waals surface area contributed by atoms with E-state index in [0.717, 1.165) is 11.4 Å². The van der Waals surface area contributed by atoms with Gasteiger partial charge in [0.1, 0.15) is 18.4 Å². The Labute approximate surface area is 166 Å². The van der Waals surface area contributed by atoms with Crippen LogP contribution in [0.4, 0.5) is 5.69 Å². The number of aliphatic carboxylic acids is 1. The van der Waals surface area contributed by atoms with Gasteiger partial charge in [0.2, 0.25) is 0 Å². The van der Waals surface area contributed by atoms with Gasteiger partial charge in [-0.2, -0.15) is 5.26 Å². The van der Waals surface area contributed by atoms with E-state index in [-0.39, 0.29) is 23.5 Å². The molecule has 3 aromatic rings.